The smallest absolute Gasteiger partial charge is 0.253 e. The van der Waals surface area contributed by atoms with Gasteiger partial charge in [0.1, 0.15) is 5.75 Å². The van der Waals surface area contributed by atoms with Gasteiger partial charge < -0.3 is 9.64 Å². The predicted octanol–water partition coefficient (Wildman–Crippen LogP) is 5.56. The standard InChI is InChI=1S/C28H38N2O2/c1-3-7-23-10-12-24(13-11-23)27(31)30-20-16-28(17-21-30)14-18-29(19-15-28)22-25-8-5-6-9-26(25)32-4-2/h5-6,8-13H,3-4,7,14-22H2,1-2H3. The molecule has 1 amide bonds. The number of aryl methyl sites for hydroxylation is 1. The molecule has 2 aliphatic heterocycles. The van der Waals surface area contributed by atoms with E-state index < -0.39 is 0 Å². The first kappa shape index (κ1) is 22.8. The molecular weight excluding hydrogens is 396 g/mol. The number of piperidine rings is 2. The van der Waals surface area contributed by atoms with Crippen LogP contribution in [0, 0.1) is 5.41 Å². The summed E-state index contributed by atoms with van der Waals surface area (Å²) in [6.45, 7) is 9.95. The van der Waals surface area contributed by atoms with Crippen LogP contribution in [0.5, 0.6) is 5.75 Å². The monoisotopic (exact) mass is 434 g/mol. The molecule has 2 aromatic carbocycles. The second kappa shape index (κ2) is 10.5. The van der Waals surface area contributed by atoms with E-state index in [1.165, 1.54) is 24.0 Å². The van der Waals surface area contributed by atoms with Gasteiger partial charge >= 0.3 is 0 Å². The summed E-state index contributed by atoms with van der Waals surface area (Å²) in [5.74, 6) is 1.22. The van der Waals surface area contributed by atoms with Gasteiger partial charge in [-0.3, -0.25) is 9.69 Å². The number of ether oxygens (including phenoxy) is 1. The van der Waals surface area contributed by atoms with Crippen LogP contribution in [0.1, 0.15) is 67.4 Å². The van der Waals surface area contributed by atoms with Crippen LogP contribution < -0.4 is 4.74 Å². The number of para-hydroxylation sites is 1. The molecule has 32 heavy (non-hydrogen) atoms. The van der Waals surface area contributed by atoms with Gasteiger partial charge in [-0.15, -0.1) is 0 Å². The van der Waals surface area contributed by atoms with Crippen LogP contribution in [0.4, 0.5) is 0 Å². The van der Waals surface area contributed by atoms with E-state index in [0.29, 0.717) is 12.0 Å². The fourth-order valence-corrected chi connectivity index (χ4v) is 5.33. The summed E-state index contributed by atoms with van der Waals surface area (Å²) in [6, 6.07) is 16.7. The fourth-order valence-electron chi connectivity index (χ4n) is 5.33. The Morgan fingerprint density at radius 1 is 0.906 bits per heavy atom. The Morgan fingerprint density at radius 3 is 2.22 bits per heavy atom. The van der Waals surface area contributed by atoms with Crippen molar-refractivity contribution >= 4 is 5.91 Å². The Hall–Kier alpha value is -2.33. The molecule has 2 heterocycles. The third-order valence-electron chi connectivity index (χ3n) is 7.43. The molecule has 0 aliphatic carbocycles. The van der Waals surface area contributed by atoms with Gasteiger partial charge in [-0.2, -0.15) is 0 Å². The van der Waals surface area contributed by atoms with Crippen molar-refractivity contribution in [2.24, 2.45) is 5.41 Å². The number of carbonyl (C=O) groups excluding carboxylic acids is 1. The van der Waals surface area contributed by atoms with Crippen LogP contribution in [0.3, 0.4) is 0 Å². The molecule has 0 N–H and O–H groups in total. The van der Waals surface area contributed by atoms with Gasteiger partial charge in [0.15, 0.2) is 0 Å². The number of rotatable bonds is 7. The van der Waals surface area contributed by atoms with Crippen molar-refractivity contribution in [3.8, 4) is 5.75 Å². The summed E-state index contributed by atoms with van der Waals surface area (Å²) in [6.07, 6.45) is 6.95. The molecule has 4 heteroatoms. The summed E-state index contributed by atoms with van der Waals surface area (Å²) in [7, 11) is 0. The quantitative estimate of drug-likeness (QED) is 0.572. The second-order valence-electron chi connectivity index (χ2n) is 9.56. The number of amides is 1. The zero-order chi connectivity index (χ0) is 22.4. The van der Waals surface area contributed by atoms with Gasteiger partial charge in [-0.25, -0.2) is 0 Å². The van der Waals surface area contributed by atoms with E-state index >= 15 is 0 Å². The highest BCUT2D eigenvalue weighted by atomic mass is 16.5. The highest BCUT2D eigenvalue weighted by molar-refractivity contribution is 5.94. The Labute approximate surface area is 193 Å². The maximum absolute atomic E-state index is 13.0. The minimum atomic E-state index is 0.202. The normalized spacial score (nSPS) is 18.6. The Kier molecular flexibility index (Phi) is 7.51. The molecule has 2 aromatic rings. The van der Waals surface area contributed by atoms with E-state index in [2.05, 4.69) is 47.1 Å². The molecule has 1 spiro atoms. The number of likely N-dealkylation sites (tertiary alicyclic amines) is 2. The Bertz CT molecular complexity index is 875. The molecule has 172 valence electrons. The van der Waals surface area contributed by atoms with Gasteiger partial charge in [-0.1, -0.05) is 43.7 Å². The summed E-state index contributed by atoms with van der Waals surface area (Å²) < 4.78 is 5.81. The van der Waals surface area contributed by atoms with Crippen molar-refractivity contribution in [3.63, 3.8) is 0 Å². The molecule has 0 saturated carbocycles. The SMILES string of the molecule is CCCc1ccc(C(=O)N2CCC3(CCN(Cc4ccccc4OCC)CC3)CC2)cc1. The average Bonchev–Trinajstić information content (AvgIpc) is 2.83. The zero-order valence-electron chi connectivity index (χ0n) is 19.8. The van der Waals surface area contributed by atoms with Crippen molar-refractivity contribution in [3.05, 3.63) is 65.2 Å². The topological polar surface area (TPSA) is 32.8 Å². The molecule has 2 fully saturated rings. The van der Waals surface area contributed by atoms with Gasteiger partial charge in [-0.05, 0) is 81.3 Å². The number of hydrogen-bond donors (Lipinski definition) is 0. The molecule has 0 unspecified atom stereocenters. The van der Waals surface area contributed by atoms with Gasteiger partial charge in [0.05, 0.1) is 6.61 Å². The van der Waals surface area contributed by atoms with Crippen molar-refractivity contribution in [1.82, 2.24) is 9.80 Å². The van der Waals surface area contributed by atoms with Gasteiger partial charge in [0.2, 0.25) is 0 Å². The number of carbonyl (C=O) groups is 1. The molecular formula is C28H38N2O2. The van der Waals surface area contributed by atoms with E-state index in [-0.39, 0.29) is 5.91 Å². The maximum atomic E-state index is 13.0. The molecule has 4 nitrogen and oxygen atoms in total. The second-order valence-corrected chi connectivity index (χ2v) is 9.56. The number of benzene rings is 2. The lowest BCUT2D eigenvalue weighted by Crippen LogP contribution is -2.48. The average molecular weight is 435 g/mol. The first-order valence-electron chi connectivity index (χ1n) is 12.4. The fraction of sp³-hybridized carbons (Fsp3) is 0.536. The lowest BCUT2D eigenvalue weighted by molar-refractivity contribution is 0.0283. The molecule has 0 atom stereocenters. The Balaban J connectivity index is 1.28. The molecule has 2 saturated heterocycles. The lowest BCUT2D eigenvalue weighted by atomic mass is 9.71. The van der Waals surface area contributed by atoms with Crippen LogP contribution >= 0.6 is 0 Å². The van der Waals surface area contributed by atoms with Crippen LogP contribution in [0.15, 0.2) is 48.5 Å². The van der Waals surface area contributed by atoms with Crippen LogP contribution in [-0.2, 0) is 13.0 Å². The highest BCUT2D eigenvalue weighted by Crippen LogP contribution is 2.42. The highest BCUT2D eigenvalue weighted by Gasteiger charge is 2.38. The molecule has 0 aromatic heterocycles. The summed E-state index contributed by atoms with van der Waals surface area (Å²) in [4.78, 5) is 17.6. The first-order valence-corrected chi connectivity index (χ1v) is 12.4. The number of nitrogens with zero attached hydrogens (tertiary/aromatic N) is 2. The van der Waals surface area contributed by atoms with E-state index in [0.717, 1.165) is 69.7 Å². The van der Waals surface area contributed by atoms with Gasteiger partial charge in [0.25, 0.3) is 5.91 Å². The van der Waals surface area contributed by atoms with Crippen LogP contribution in [-0.4, -0.2) is 48.5 Å². The minimum absolute atomic E-state index is 0.202. The largest absolute Gasteiger partial charge is 0.494 e. The molecule has 0 bridgehead atoms. The van der Waals surface area contributed by atoms with E-state index in [1.54, 1.807) is 0 Å². The van der Waals surface area contributed by atoms with Crippen LogP contribution in [0.25, 0.3) is 0 Å². The summed E-state index contributed by atoms with van der Waals surface area (Å²) >= 11 is 0. The molecule has 4 rings (SSSR count). The van der Waals surface area contributed by atoms with Crippen molar-refractivity contribution in [2.75, 3.05) is 32.8 Å². The third kappa shape index (κ3) is 5.35. The van der Waals surface area contributed by atoms with Gasteiger partial charge in [0, 0.05) is 30.8 Å². The molecule has 0 radical (unpaired) electrons. The summed E-state index contributed by atoms with van der Waals surface area (Å²) in [5.41, 5.74) is 3.86. The van der Waals surface area contributed by atoms with Crippen LogP contribution in [0.2, 0.25) is 0 Å². The Morgan fingerprint density at radius 2 is 1.56 bits per heavy atom. The van der Waals surface area contributed by atoms with E-state index in [4.69, 9.17) is 4.74 Å². The molecule has 2 aliphatic rings. The minimum Gasteiger partial charge on any atom is -0.494 e. The van der Waals surface area contributed by atoms with Crippen molar-refractivity contribution in [1.29, 1.82) is 0 Å². The summed E-state index contributed by atoms with van der Waals surface area (Å²) in [5, 5.41) is 0. The maximum Gasteiger partial charge on any atom is 0.253 e. The van der Waals surface area contributed by atoms with Crippen molar-refractivity contribution in [2.45, 2.75) is 58.9 Å². The van der Waals surface area contributed by atoms with E-state index in [9.17, 15) is 4.79 Å². The lowest BCUT2D eigenvalue weighted by Gasteiger charge is -2.47. The van der Waals surface area contributed by atoms with Crippen molar-refractivity contribution < 1.29 is 9.53 Å². The van der Waals surface area contributed by atoms with E-state index in [1.807, 2.05) is 25.1 Å². The zero-order valence-corrected chi connectivity index (χ0v) is 19.8. The third-order valence-corrected chi connectivity index (χ3v) is 7.43. The number of hydrogen-bond acceptors (Lipinski definition) is 3. The predicted molar refractivity (Wildman–Crippen MR) is 130 cm³/mol. The first-order chi connectivity index (χ1) is 15.6.